The topological polar surface area (TPSA) is 93.6 Å². The zero-order chi connectivity index (χ0) is 9.30. The Labute approximate surface area is 74.1 Å². The van der Waals surface area contributed by atoms with E-state index in [0.717, 1.165) is 6.07 Å². The van der Waals surface area contributed by atoms with Gasteiger partial charge in [0, 0.05) is 0 Å². The van der Waals surface area contributed by atoms with E-state index in [9.17, 15) is 14.9 Å². The van der Waals surface area contributed by atoms with Gasteiger partial charge in [-0.15, -0.1) is 0 Å². The van der Waals surface area contributed by atoms with Crippen LogP contribution >= 0.6 is 15.9 Å². The summed E-state index contributed by atoms with van der Waals surface area (Å²) in [6.07, 6.45) is 0. The third-order valence-electron chi connectivity index (χ3n) is 1.08. The fourth-order valence-electron chi connectivity index (χ4n) is 0.589. The molecule has 0 aromatic carbocycles. The molecule has 0 unspecified atom stereocenters. The van der Waals surface area contributed by atoms with E-state index in [4.69, 9.17) is 5.11 Å². The molecule has 1 rings (SSSR count). The minimum atomic E-state index is -1.34. The Bertz CT molecular complexity index is 344. The van der Waals surface area contributed by atoms with Crippen molar-refractivity contribution in [2.24, 2.45) is 0 Å². The van der Waals surface area contributed by atoms with Gasteiger partial charge in [-0.25, -0.2) is 4.79 Å². The second-order valence-electron chi connectivity index (χ2n) is 1.83. The standard InChI is InChI=1S/C5H2BrNO5/c6-4-2(7(10)11)1-3(12-4)5(8)9/h1H,(H,8,9). The molecule has 12 heavy (non-hydrogen) atoms. The van der Waals surface area contributed by atoms with Crippen molar-refractivity contribution in [3.05, 3.63) is 26.6 Å². The van der Waals surface area contributed by atoms with E-state index >= 15 is 0 Å². The first-order valence-corrected chi connectivity index (χ1v) is 3.48. The highest BCUT2D eigenvalue weighted by Gasteiger charge is 2.21. The normalized spacial score (nSPS) is 9.75. The van der Waals surface area contributed by atoms with Gasteiger partial charge in [-0.3, -0.25) is 10.1 Å². The van der Waals surface area contributed by atoms with Crippen LogP contribution in [0, 0.1) is 10.1 Å². The first-order chi connectivity index (χ1) is 5.52. The third kappa shape index (κ3) is 1.45. The summed E-state index contributed by atoms with van der Waals surface area (Å²) in [5.41, 5.74) is -0.396. The number of rotatable bonds is 2. The van der Waals surface area contributed by atoms with Crippen LogP contribution in [0.5, 0.6) is 0 Å². The molecule has 1 N–H and O–H groups in total. The molecule has 0 saturated heterocycles. The predicted molar refractivity (Wildman–Crippen MR) is 40.0 cm³/mol. The van der Waals surface area contributed by atoms with Crippen molar-refractivity contribution in [3.8, 4) is 0 Å². The summed E-state index contributed by atoms with van der Waals surface area (Å²) in [4.78, 5) is 19.7. The lowest BCUT2D eigenvalue weighted by molar-refractivity contribution is -0.386. The third-order valence-corrected chi connectivity index (χ3v) is 1.64. The van der Waals surface area contributed by atoms with Gasteiger partial charge in [0.05, 0.1) is 11.0 Å². The molecule has 1 heterocycles. The number of aromatic carboxylic acids is 1. The Morgan fingerprint density at radius 3 is 2.58 bits per heavy atom. The first kappa shape index (κ1) is 8.72. The highest BCUT2D eigenvalue weighted by atomic mass is 79.9. The lowest BCUT2D eigenvalue weighted by Gasteiger charge is -1.81. The van der Waals surface area contributed by atoms with Gasteiger partial charge in [0.1, 0.15) is 0 Å². The van der Waals surface area contributed by atoms with Crippen LogP contribution in [0.2, 0.25) is 0 Å². The van der Waals surface area contributed by atoms with Crippen molar-refractivity contribution >= 4 is 27.6 Å². The van der Waals surface area contributed by atoms with Gasteiger partial charge in [0.15, 0.2) is 0 Å². The molecule has 0 fully saturated rings. The average molecular weight is 236 g/mol. The van der Waals surface area contributed by atoms with Crippen LogP contribution in [0.3, 0.4) is 0 Å². The van der Waals surface area contributed by atoms with Gasteiger partial charge in [0.25, 0.3) is 0 Å². The molecule has 0 saturated carbocycles. The van der Waals surface area contributed by atoms with Crippen molar-refractivity contribution in [1.82, 2.24) is 0 Å². The zero-order valence-corrected chi connectivity index (χ0v) is 7.07. The summed E-state index contributed by atoms with van der Waals surface area (Å²) in [5, 5.41) is 18.5. The smallest absolute Gasteiger partial charge is 0.372 e. The van der Waals surface area contributed by atoms with Gasteiger partial charge in [0.2, 0.25) is 10.4 Å². The van der Waals surface area contributed by atoms with Crippen molar-refractivity contribution in [2.75, 3.05) is 0 Å². The first-order valence-electron chi connectivity index (χ1n) is 2.69. The summed E-state index contributed by atoms with van der Waals surface area (Å²) in [7, 11) is 0. The van der Waals surface area contributed by atoms with Crippen LogP contribution < -0.4 is 0 Å². The van der Waals surface area contributed by atoms with Crippen molar-refractivity contribution in [3.63, 3.8) is 0 Å². The van der Waals surface area contributed by atoms with E-state index in [1.807, 2.05) is 0 Å². The lowest BCUT2D eigenvalue weighted by Crippen LogP contribution is -1.92. The maximum atomic E-state index is 10.3. The van der Waals surface area contributed by atoms with Crippen LogP contribution in [0.15, 0.2) is 15.2 Å². The number of nitro groups is 1. The zero-order valence-electron chi connectivity index (χ0n) is 5.48. The number of halogens is 1. The van der Waals surface area contributed by atoms with Gasteiger partial charge < -0.3 is 9.52 Å². The highest BCUT2D eigenvalue weighted by Crippen LogP contribution is 2.28. The van der Waals surface area contributed by atoms with Gasteiger partial charge >= 0.3 is 11.7 Å². The molecule has 0 spiro atoms. The van der Waals surface area contributed by atoms with Crippen LogP contribution in [0.4, 0.5) is 5.69 Å². The van der Waals surface area contributed by atoms with Crippen LogP contribution in [-0.4, -0.2) is 16.0 Å². The monoisotopic (exact) mass is 235 g/mol. The Balaban J connectivity index is 3.17. The number of furan rings is 1. The van der Waals surface area contributed by atoms with Crippen molar-refractivity contribution in [1.29, 1.82) is 0 Å². The number of hydrogen-bond donors (Lipinski definition) is 1. The molecule has 0 bridgehead atoms. The summed E-state index contributed by atoms with van der Waals surface area (Å²) in [6, 6.07) is 0.840. The lowest BCUT2D eigenvalue weighted by atomic mass is 10.4. The quantitative estimate of drug-likeness (QED) is 0.622. The molecule has 0 radical (unpaired) electrons. The van der Waals surface area contributed by atoms with Gasteiger partial charge in [-0.05, 0) is 15.9 Å². The Hall–Kier alpha value is -1.37. The largest absolute Gasteiger partial charge is 0.475 e. The summed E-state index contributed by atoms with van der Waals surface area (Å²) in [6.45, 7) is 0. The number of carboxylic acids is 1. The number of carboxylic acid groups (broad SMARTS) is 1. The van der Waals surface area contributed by atoms with Gasteiger partial charge in [-0.2, -0.15) is 0 Å². The van der Waals surface area contributed by atoms with Crippen molar-refractivity contribution in [2.45, 2.75) is 0 Å². The molecule has 7 heteroatoms. The van der Waals surface area contributed by atoms with E-state index in [-0.39, 0.29) is 4.67 Å². The van der Waals surface area contributed by atoms with Gasteiger partial charge in [-0.1, -0.05) is 0 Å². The average Bonchev–Trinajstić information content (AvgIpc) is 2.30. The second kappa shape index (κ2) is 2.94. The fourth-order valence-corrected chi connectivity index (χ4v) is 1.02. The molecule has 0 aliphatic carbocycles. The molecule has 0 atom stereocenters. The Morgan fingerprint density at radius 2 is 2.33 bits per heavy atom. The predicted octanol–water partition coefficient (Wildman–Crippen LogP) is 1.65. The summed E-state index contributed by atoms with van der Waals surface area (Å²) in [5.74, 6) is -1.81. The SMILES string of the molecule is O=C(O)c1cc([N+](=O)[O-])c(Br)o1. The molecule has 6 nitrogen and oxygen atoms in total. The summed E-state index contributed by atoms with van der Waals surface area (Å²) < 4.78 is 4.32. The number of hydrogen-bond acceptors (Lipinski definition) is 4. The van der Waals surface area contributed by atoms with E-state index in [1.54, 1.807) is 0 Å². The molecular weight excluding hydrogens is 234 g/mol. The molecule has 1 aromatic rings. The molecule has 0 aliphatic rings. The highest BCUT2D eigenvalue weighted by molar-refractivity contribution is 9.10. The minimum Gasteiger partial charge on any atom is -0.475 e. The Kier molecular flexibility index (Phi) is 2.13. The second-order valence-corrected chi connectivity index (χ2v) is 2.55. The van der Waals surface area contributed by atoms with Crippen LogP contribution in [-0.2, 0) is 0 Å². The fraction of sp³-hybridized carbons (Fsp3) is 0. The van der Waals surface area contributed by atoms with E-state index < -0.39 is 22.3 Å². The number of carbonyl (C=O) groups is 1. The van der Waals surface area contributed by atoms with Crippen molar-refractivity contribution < 1.29 is 19.2 Å². The Morgan fingerprint density at radius 1 is 1.75 bits per heavy atom. The molecule has 0 amide bonds. The van der Waals surface area contributed by atoms with E-state index in [0.29, 0.717) is 0 Å². The molecular formula is C5H2BrNO5. The van der Waals surface area contributed by atoms with E-state index in [1.165, 1.54) is 0 Å². The minimum absolute atomic E-state index is 0.190. The maximum Gasteiger partial charge on any atom is 0.372 e. The molecule has 0 aliphatic heterocycles. The summed E-state index contributed by atoms with van der Waals surface area (Å²) >= 11 is 2.71. The molecule has 1 aromatic heterocycles. The maximum absolute atomic E-state index is 10.3. The number of nitrogens with zero attached hydrogens (tertiary/aromatic N) is 1. The molecule has 64 valence electrons. The van der Waals surface area contributed by atoms with Crippen LogP contribution in [0.25, 0.3) is 0 Å². The van der Waals surface area contributed by atoms with E-state index in [2.05, 4.69) is 20.3 Å². The van der Waals surface area contributed by atoms with Crippen LogP contribution in [0.1, 0.15) is 10.6 Å².